The first-order valence-electron chi connectivity index (χ1n) is 21.5. The summed E-state index contributed by atoms with van der Waals surface area (Å²) in [5.41, 5.74) is 5.34. The van der Waals surface area contributed by atoms with E-state index in [-0.39, 0.29) is 32.6 Å². The maximum absolute atomic E-state index is 12.5. The quantitative estimate of drug-likeness (QED) is 0.0270. The Kier molecular flexibility index (Phi) is 38.6. The van der Waals surface area contributed by atoms with Crippen molar-refractivity contribution < 1.29 is 37.6 Å². The number of phosphoric acid groups is 1. The Morgan fingerprint density at radius 3 is 1.51 bits per heavy atom. The molecule has 0 amide bonds. The van der Waals surface area contributed by atoms with Gasteiger partial charge in [-0.3, -0.25) is 18.6 Å². The lowest BCUT2D eigenvalue weighted by molar-refractivity contribution is -0.161. The maximum Gasteiger partial charge on any atom is 0.472 e. The highest BCUT2D eigenvalue weighted by Gasteiger charge is 2.25. The van der Waals surface area contributed by atoms with Crippen molar-refractivity contribution in [2.24, 2.45) is 5.73 Å². The topological polar surface area (TPSA) is 134 Å². The normalized spacial score (nSPS) is 13.7. The predicted octanol–water partition coefficient (Wildman–Crippen LogP) is 12.2. The first kappa shape index (κ1) is 51.2. The van der Waals surface area contributed by atoms with Gasteiger partial charge in [-0.05, 0) is 70.6 Å². The second-order valence-electron chi connectivity index (χ2n) is 14.2. The fourth-order valence-corrected chi connectivity index (χ4v) is 6.54. The Morgan fingerprint density at radius 2 is 0.981 bits per heavy atom. The molecular formula is C43H80NO8P. The van der Waals surface area contributed by atoms with Gasteiger partial charge >= 0.3 is 19.8 Å². The smallest absolute Gasteiger partial charge is 0.462 e. The molecule has 0 radical (unpaired) electrons. The summed E-state index contributed by atoms with van der Waals surface area (Å²) in [6.07, 6.45) is 43.2. The van der Waals surface area contributed by atoms with Crippen molar-refractivity contribution in [3.05, 3.63) is 36.5 Å². The third-order valence-corrected chi connectivity index (χ3v) is 9.98. The number of carbonyl (C=O) groups is 2. The SMILES string of the molecule is CCCCCC/C=C/CCCCCCCCCCCC(=O)OC[C@H](COP(=O)(O)OCCN)OC(=O)CCCC/C=C/C/C=C/CCCCCCCC. The van der Waals surface area contributed by atoms with Crippen LogP contribution >= 0.6 is 7.82 Å². The van der Waals surface area contributed by atoms with E-state index in [0.717, 1.165) is 44.9 Å². The molecule has 0 spiro atoms. The van der Waals surface area contributed by atoms with Crippen molar-refractivity contribution in [1.29, 1.82) is 0 Å². The van der Waals surface area contributed by atoms with Gasteiger partial charge in [-0.1, -0.05) is 147 Å². The number of nitrogens with two attached hydrogens (primary N) is 1. The largest absolute Gasteiger partial charge is 0.472 e. The third kappa shape index (κ3) is 39.7. The average molecular weight is 770 g/mol. The average Bonchev–Trinajstić information content (AvgIpc) is 3.14. The standard InChI is InChI=1S/C43H80NO8P/c1-3-5-7-9-11-13-15-17-19-20-22-23-25-27-29-31-33-35-42(45)49-39-41(40-51-53(47,48)50-38-37-44)52-43(46)36-34-32-30-28-26-24-21-18-16-14-12-10-8-6-4-2/h13,15,18,21,26,28,41H,3-12,14,16-17,19-20,22-25,27,29-40,44H2,1-2H3,(H,47,48)/b15-13+,21-18+,28-26+/t41-/m1/s1. The van der Waals surface area contributed by atoms with E-state index in [1.54, 1.807) is 0 Å². The molecule has 0 aromatic heterocycles. The third-order valence-electron chi connectivity index (χ3n) is 9.00. The van der Waals surface area contributed by atoms with E-state index in [0.29, 0.717) is 6.42 Å². The number of hydrogen-bond donors (Lipinski definition) is 2. The first-order valence-corrected chi connectivity index (χ1v) is 23.0. The zero-order chi connectivity index (χ0) is 38.9. The van der Waals surface area contributed by atoms with Crippen LogP contribution in [0.1, 0.15) is 194 Å². The molecule has 0 saturated heterocycles. The summed E-state index contributed by atoms with van der Waals surface area (Å²) in [7, 11) is -4.38. The monoisotopic (exact) mass is 770 g/mol. The molecule has 53 heavy (non-hydrogen) atoms. The first-order chi connectivity index (χ1) is 25.8. The number of ether oxygens (including phenoxy) is 2. The van der Waals surface area contributed by atoms with Gasteiger partial charge in [-0.25, -0.2) is 4.57 Å². The fraction of sp³-hybridized carbons (Fsp3) is 0.814. The molecule has 0 saturated carbocycles. The highest BCUT2D eigenvalue weighted by Crippen LogP contribution is 2.43. The second-order valence-corrected chi connectivity index (χ2v) is 15.7. The summed E-state index contributed by atoms with van der Waals surface area (Å²) in [5.74, 6) is -0.867. The van der Waals surface area contributed by atoms with Gasteiger partial charge in [0.15, 0.2) is 6.10 Å². The van der Waals surface area contributed by atoms with Crippen LogP contribution in [-0.2, 0) is 32.7 Å². The van der Waals surface area contributed by atoms with Gasteiger partial charge in [0.1, 0.15) is 6.61 Å². The van der Waals surface area contributed by atoms with Gasteiger partial charge < -0.3 is 20.1 Å². The van der Waals surface area contributed by atoms with E-state index in [9.17, 15) is 19.0 Å². The van der Waals surface area contributed by atoms with E-state index in [1.165, 1.54) is 116 Å². The van der Waals surface area contributed by atoms with E-state index >= 15 is 0 Å². The van der Waals surface area contributed by atoms with E-state index in [4.69, 9.17) is 24.3 Å². The van der Waals surface area contributed by atoms with Crippen molar-refractivity contribution in [3.63, 3.8) is 0 Å². The molecule has 0 aromatic carbocycles. The maximum atomic E-state index is 12.5. The minimum absolute atomic E-state index is 0.0481. The minimum Gasteiger partial charge on any atom is -0.462 e. The number of rotatable bonds is 40. The number of carbonyl (C=O) groups excluding carboxylic acids is 2. The van der Waals surface area contributed by atoms with Crippen molar-refractivity contribution in [1.82, 2.24) is 0 Å². The van der Waals surface area contributed by atoms with Crippen LogP contribution in [0.15, 0.2) is 36.5 Å². The van der Waals surface area contributed by atoms with Crippen LogP contribution in [0.4, 0.5) is 0 Å². The van der Waals surface area contributed by atoms with Crippen LogP contribution in [0, 0.1) is 0 Å². The van der Waals surface area contributed by atoms with Crippen LogP contribution in [-0.4, -0.2) is 49.3 Å². The highest BCUT2D eigenvalue weighted by atomic mass is 31.2. The van der Waals surface area contributed by atoms with Crippen molar-refractivity contribution >= 4 is 19.8 Å². The van der Waals surface area contributed by atoms with Crippen molar-refractivity contribution in [3.8, 4) is 0 Å². The van der Waals surface area contributed by atoms with Crippen LogP contribution in [0.5, 0.6) is 0 Å². The van der Waals surface area contributed by atoms with Gasteiger partial charge in [-0.15, -0.1) is 0 Å². The van der Waals surface area contributed by atoms with Gasteiger partial charge in [0.25, 0.3) is 0 Å². The number of esters is 2. The Labute approximate surface area is 324 Å². The number of allylic oxidation sites excluding steroid dienone is 6. The summed E-state index contributed by atoms with van der Waals surface area (Å²) >= 11 is 0. The Balaban J connectivity index is 4.20. The van der Waals surface area contributed by atoms with E-state index in [1.807, 2.05) is 0 Å². The lowest BCUT2D eigenvalue weighted by atomic mass is 10.1. The molecule has 0 aliphatic rings. The molecule has 9 nitrogen and oxygen atoms in total. The molecule has 0 aliphatic heterocycles. The molecule has 2 atom stereocenters. The molecule has 0 rings (SSSR count). The van der Waals surface area contributed by atoms with Crippen LogP contribution in [0.25, 0.3) is 0 Å². The molecule has 3 N–H and O–H groups in total. The summed E-state index contributed by atoms with van der Waals surface area (Å²) in [4.78, 5) is 34.8. The molecule has 0 fully saturated rings. The number of phosphoric ester groups is 1. The highest BCUT2D eigenvalue weighted by molar-refractivity contribution is 7.47. The van der Waals surface area contributed by atoms with Gasteiger partial charge in [0.05, 0.1) is 13.2 Å². The molecule has 0 aliphatic carbocycles. The Hall–Kier alpha value is -1.77. The second kappa shape index (κ2) is 39.9. The molecule has 0 heterocycles. The molecule has 0 aromatic rings. The fourth-order valence-electron chi connectivity index (χ4n) is 5.78. The van der Waals surface area contributed by atoms with Gasteiger partial charge in [0.2, 0.25) is 0 Å². The number of hydrogen-bond acceptors (Lipinski definition) is 8. The lowest BCUT2D eigenvalue weighted by Crippen LogP contribution is -2.29. The summed E-state index contributed by atoms with van der Waals surface area (Å²) in [5, 5.41) is 0. The zero-order valence-corrected chi connectivity index (χ0v) is 34.9. The zero-order valence-electron chi connectivity index (χ0n) is 34.0. The summed E-state index contributed by atoms with van der Waals surface area (Å²) < 4.78 is 32.7. The van der Waals surface area contributed by atoms with Crippen LogP contribution in [0.3, 0.4) is 0 Å². The van der Waals surface area contributed by atoms with E-state index in [2.05, 4.69) is 50.3 Å². The summed E-state index contributed by atoms with van der Waals surface area (Å²) in [6, 6.07) is 0. The van der Waals surface area contributed by atoms with Gasteiger partial charge in [-0.2, -0.15) is 0 Å². The summed E-state index contributed by atoms with van der Waals surface area (Å²) in [6.45, 7) is 3.68. The minimum atomic E-state index is -4.38. The van der Waals surface area contributed by atoms with E-state index < -0.39 is 32.5 Å². The molecule has 10 heteroatoms. The lowest BCUT2D eigenvalue weighted by Gasteiger charge is -2.19. The van der Waals surface area contributed by atoms with Crippen molar-refractivity contribution in [2.75, 3.05) is 26.4 Å². The van der Waals surface area contributed by atoms with Gasteiger partial charge in [0, 0.05) is 19.4 Å². The Morgan fingerprint density at radius 1 is 0.566 bits per heavy atom. The number of unbranched alkanes of at least 4 members (excludes halogenated alkanes) is 21. The molecular weight excluding hydrogens is 689 g/mol. The molecule has 310 valence electrons. The molecule has 1 unspecified atom stereocenters. The van der Waals surface area contributed by atoms with Crippen LogP contribution < -0.4 is 5.73 Å². The van der Waals surface area contributed by atoms with Crippen LogP contribution in [0.2, 0.25) is 0 Å². The predicted molar refractivity (Wildman–Crippen MR) is 220 cm³/mol. The molecule has 0 bridgehead atoms. The van der Waals surface area contributed by atoms with Crippen molar-refractivity contribution in [2.45, 2.75) is 200 Å². The Bertz CT molecular complexity index is 970.